The summed E-state index contributed by atoms with van der Waals surface area (Å²) in [4.78, 5) is 40.0. The van der Waals surface area contributed by atoms with E-state index >= 15 is 0 Å². The smallest absolute Gasteiger partial charge is 0.255 e. The Kier molecular flexibility index (Phi) is 8.29. The molecule has 3 aliphatic carbocycles. The minimum absolute atomic E-state index is 0. The second-order valence-corrected chi connectivity index (χ2v) is 9.11. The van der Waals surface area contributed by atoms with Gasteiger partial charge in [-0.25, -0.2) is 0 Å². The summed E-state index contributed by atoms with van der Waals surface area (Å²) in [6.45, 7) is 3.61. The second kappa shape index (κ2) is 10.2. The number of aromatic hydroxyl groups is 1. The highest BCUT2D eigenvalue weighted by Crippen LogP contribution is 2.55. The van der Waals surface area contributed by atoms with Crippen molar-refractivity contribution in [1.82, 2.24) is 4.90 Å². The number of hydrogen-bond acceptors (Lipinski definition) is 10. The fourth-order valence-corrected chi connectivity index (χ4v) is 5.58. The third-order valence-electron chi connectivity index (χ3n) is 6.99. The molecule has 1 amide bonds. The summed E-state index contributed by atoms with van der Waals surface area (Å²) >= 11 is 0. The van der Waals surface area contributed by atoms with Crippen LogP contribution in [0, 0.1) is 11.8 Å². The molecule has 0 saturated heterocycles. The second-order valence-electron chi connectivity index (χ2n) is 9.11. The molecule has 6 unspecified atom stereocenters. The maximum atomic E-state index is 13.7. The molecule has 0 heterocycles. The van der Waals surface area contributed by atoms with E-state index in [1.165, 1.54) is 25.1 Å². The van der Waals surface area contributed by atoms with Crippen LogP contribution >= 0.6 is 12.4 Å². The van der Waals surface area contributed by atoms with Crippen LogP contribution in [0.25, 0.3) is 5.76 Å². The Bertz CT molecular complexity index is 1160. The van der Waals surface area contributed by atoms with E-state index in [2.05, 4.69) is 0 Å². The van der Waals surface area contributed by atoms with Gasteiger partial charge in [-0.1, -0.05) is 19.1 Å². The number of phenols is 1. The number of likely N-dealkylation sites (N-methyl/N-ethyl adjacent to an activating group) is 1. The van der Waals surface area contributed by atoms with Gasteiger partial charge in [-0.05, 0) is 38.6 Å². The number of aliphatic hydroxyl groups excluding tert-OH is 4. The van der Waals surface area contributed by atoms with Crippen molar-refractivity contribution < 1.29 is 45.0 Å². The Balaban J connectivity index is 0.00000109. The molecule has 1 aromatic rings. The van der Waals surface area contributed by atoms with E-state index in [-0.39, 0.29) is 30.3 Å². The summed E-state index contributed by atoms with van der Waals surface area (Å²) in [5, 5.41) is 62.5. The molecule has 8 N–H and O–H groups in total. The van der Waals surface area contributed by atoms with Gasteiger partial charge >= 0.3 is 0 Å². The van der Waals surface area contributed by atoms with Crippen LogP contribution in [0.2, 0.25) is 0 Å². The van der Waals surface area contributed by atoms with Crippen molar-refractivity contribution >= 4 is 35.6 Å². The number of benzene rings is 1. The molecule has 1 aromatic carbocycles. The molecule has 0 bridgehead atoms. The quantitative estimate of drug-likeness (QED) is 0.255. The molecule has 0 aromatic heterocycles. The van der Waals surface area contributed by atoms with Crippen molar-refractivity contribution in [3.05, 3.63) is 46.2 Å². The maximum absolute atomic E-state index is 13.7. The lowest BCUT2D eigenvalue weighted by atomic mass is 9.54. The molecule has 6 atom stereocenters. The molecule has 1 saturated carbocycles. The number of rotatable bonds is 2. The first kappa shape index (κ1) is 29.3. The number of amides is 1. The largest absolute Gasteiger partial charge is 0.508 e. The van der Waals surface area contributed by atoms with Crippen molar-refractivity contribution in [3.63, 3.8) is 0 Å². The van der Waals surface area contributed by atoms with Gasteiger partial charge in [0.2, 0.25) is 5.78 Å². The van der Waals surface area contributed by atoms with Crippen LogP contribution < -0.4 is 5.73 Å². The van der Waals surface area contributed by atoms with Gasteiger partial charge in [0, 0.05) is 18.1 Å². The zero-order valence-corrected chi connectivity index (χ0v) is 21.0. The topological polar surface area (TPSA) is 202 Å². The van der Waals surface area contributed by atoms with Crippen LogP contribution in [0.4, 0.5) is 0 Å². The number of halogens is 1. The Morgan fingerprint density at radius 1 is 1.17 bits per heavy atom. The molecule has 0 radical (unpaired) electrons. The van der Waals surface area contributed by atoms with E-state index in [4.69, 9.17) is 10.8 Å². The highest BCUT2D eigenvalue weighted by Gasteiger charge is 2.68. The van der Waals surface area contributed by atoms with E-state index in [0.29, 0.717) is 5.56 Å². The van der Waals surface area contributed by atoms with Gasteiger partial charge < -0.3 is 36.4 Å². The molecule has 198 valence electrons. The van der Waals surface area contributed by atoms with Gasteiger partial charge in [0.05, 0.1) is 23.6 Å². The van der Waals surface area contributed by atoms with Crippen LogP contribution in [0.3, 0.4) is 0 Å². The SMILES string of the molecule is CC1c2cccc(O)c2C(O)=C2C(=O)C3(O)C(O)=C(C(N)=O)C(=O)C(N(C)C)C3C(O)C21.CCO.Cl. The lowest BCUT2D eigenvalue weighted by Crippen LogP contribution is -2.70. The fourth-order valence-electron chi connectivity index (χ4n) is 5.58. The van der Waals surface area contributed by atoms with E-state index < -0.39 is 75.6 Å². The Morgan fingerprint density at radius 3 is 2.22 bits per heavy atom. The lowest BCUT2D eigenvalue weighted by molar-refractivity contribution is -0.169. The third kappa shape index (κ3) is 3.87. The van der Waals surface area contributed by atoms with Crippen molar-refractivity contribution in [2.45, 2.75) is 37.5 Å². The monoisotopic (exact) mass is 526 g/mol. The average Bonchev–Trinajstić information content (AvgIpc) is 2.76. The third-order valence-corrected chi connectivity index (χ3v) is 6.99. The molecule has 12 heteroatoms. The molecule has 36 heavy (non-hydrogen) atoms. The Labute approximate surface area is 213 Å². The minimum atomic E-state index is -2.89. The number of aliphatic hydroxyl groups is 5. The number of carbonyl (C=O) groups excluding carboxylic acids is 3. The van der Waals surface area contributed by atoms with Gasteiger partial charge in [0.1, 0.15) is 22.8 Å². The normalized spacial score (nSPS) is 31.1. The zero-order valence-electron chi connectivity index (χ0n) is 20.2. The minimum Gasteiger partial charge on any atom is -0.508 e. The highest BCUT2D eigenvalue weighted by atomic mass is 35.5. The predicted octanol–water partition coefficient (Wildman–Crippen LogP) is -0.0838. The van der Waals surface area contributed by atoms with Gasteiger partial charge in [-0.15, -0.1) is 12.4 Å². The predicted molar refractivity (Wildman–Crippen MR) is 130 cm³/mol. The lowest BCUT2D eigenvalue weighted by Gasteiger charge is -2.53. The number of nitrogens with two attached hydrogens (primary N) is 1. The van der Waals surface area contributed by atoms with Gasteiger partial charge in [-0.3, -0.25) is 19.3 Å². The van der Waals surface area contributed by atoms with Crippen LogP contribution in [0.5, 0.6) is 5.75 Å². The zero-order chi connectivity index (χ0) is 26.6. The first-order valence-corrected chi connectivity index (χ1v) is 11.0. The first-order chi connectivity index (χ1) is 16.3. The molecular formula is C24H31ClN2O9. The number of nitrogens with zero attached hydrogens (tertiary/aromatic N) is 1. The summed E-state index contributed by atoms with van der Waals surface area (Å²) in [6.07, 6.45) is -1.59. The fraction of sp³-hybridized carbons (Fsp3) is 0.458. The van der Waals surface area contributed by atoms with Crippen molar-refractivity contribution in [1.29, 1.82) is 0 Å². The molecule has 1 fully saturated rings. The molecular weight excluding hydrogens is 496 g/mol. The van der Waals surface area contributed by atoms with Crippen LogP contribution in [-0.2, 0) is 14.4 Å². The Hall–Kier alpha value is -2.96. The molecule has 0 spiro atoms. The number of primary amides is 1. The van der Waals surface area contributed by atoms with Gasteiger partial charge in [-0.2, -0.15) is 0 Å². The van der Waals surface area contributed by atoms with Crippen molar-refractivity contribution in [2.24, 2.45) is 17.6 Å². The van der Waals surface area contributed by atoms with Crippen molar-refractivity contribution in [2.75, 3.05) is 20.7 Å². The maximum Gasteiger partial charge on any atom is 0.255 e. The van der Waals surface area contributed by atoms with Gasteiger partial charge in [0.15, 0.2) is 11.4 Å². The van der Waals surface area contributed by atoms with Gasteiger partial charge in [0.25, 0.3) is 5.91 Å². The number of phenolic OH excluding ortho intramolecular Hbond substituents is 1. The summed E-state index contributed by atoms with van der Waals surface area (Å²) in [7, 11) is 2.92. The van der Waals surface area contributed by atoms with E-state index in [0.717, 1.165) is 0 Å². The summed E-state index contributed by atoms with van der Waals surface area (Å²) in [5.41, 5.74) is 1.47. The molecule has 11 nitrogen and oxygen atoms in total. The van der Waals surface area contributed by atoms with E-state index in [1.54, 1.807) is 26.0 Å². The molecule has 3 aliphatic rings. The molecule has 0 aliphatic heterocycles. The summed E-state index contributed by atoms with van der Waals surface area (Å²) in [6, 6.07) is 3.13. The van der Waals surface area contributed by atoms with Crippen LogP contribution in [-0.4, -0.2) is 91.5 Å². The van der Waals surface area contributed by atoms with Crippen LogP contribution in [0.15, 0.2) is 35.1 Å². The number of hydrogen-bond donors (Lipinski definition) is 7. The average molecular weight is 527 g/mol. The summed E-state index contributed by atoms with van der Waals surface area (Å²) in [5.74, 6) is -8.87. The first-order valence-electron chi connectivity index (χ1n) is 11.0. The van der Waals surface area contributed by atoms with Crippen molar-refractivity contribution in [3.8, 4) is 5.75 Å². The number of fused-ring (bicyclic) bond motifs is 3. The standard InChI is InChI=1S/C22H24N2O8.C2H6O.ClH/c1-7-8-5-4-6-9(25)11(8)16(26)12-10(7)17(27)14-15(24(2)3)18(28)13(21(23)31)20(30)22(14,32)19(12)29;1-2-3;/h4-7,10,14-15,17,25-27,30,32H,1-3H3,(H2,23,31);3H,2H2,1H3;1H. The van der Waals surface area contributed by atoms with Crippen LogP contribution in [0.1, 0.15) is 30.9 Å². The Morgan fingerprint density at radius 2 is 1.72 bits per heavy atom. The highest BCUT2D eigenvalue weighted by molar-refractivity contribution is 6.24. The number of ketones is 2. The number of carbonyl (C=O) groups is 3. The number of Topliss-reactive ketones (excluding diaryl/α,β-unsaturated/α-hetero) is 2. The summed E-state index contributed by atoms with van der Waals surface area (Å²) < 4.78 is 0. The molecule has 4 rings (SSSR count). The van der Waals surface area contributed by atoms with E-state index in [1.807, 2.05) is 0 Å². The van der Waals surface area contributed by atoms with E-state index in [9.17, 15) is 39.9 Å².